The van der Waals surface area contributed by atoms with Crippen LogP contribution in [0, 0.1) is 0 Å². The molecule has 8 heteroatoms. The number of nitrogens with one attached hydrogen (secondary N) is 1. The van der Waals surface area contributed by atoms with Crippen molar-refractivity contribution in [1.29, 1.82) is 0 Å². The van der Waals surface area contributed by atoms with E-state index in [0.29, 0.717) is 5.65 Å². The molecule has 2 aromatic heterocycles. The van der Waals surface area contributed by atoms with Crippen molar-refractivity contribution in [3.05, 3.63) is 22.8 Å². The van der Waals surface area contributed by atoms with Gasteiger partial charge in [0, 0.05) is 6.20 Å². The molecule has 0 radical (unpaired) electrons. The number of pyridine rings is 1. The average molecular weight is 306 g/mol. The van der Waals surface area contributed by atoms with Crippen molar-refractivity contribution in [2.24, 2.45) is 5.73 Å². The summed E-state index contributed by atoms with van der Waals surface area (Å²) in [5.41, 5.74) is 5.49. The van der Waals surface area contributed by atoms with E-state index in [1.54, 1.807) is 18.3 Å². The van der Waals surface area contributed by atoms with Crippen molar-refractivity contribution in [3.8, 4) is 0 Å². The van der Waals surface area contributed by atoms with Gasteiger partial charge in [-0.05, 0) is 28.1 Å². The molecule has 0 aliphatic carbocycles. The first-order chi connectivity index (χ1) is 8.02. The zero-order valence-electron chi connectivity index (χ0n) is 8.70. The molecule has 92 valence electrons. The predicted molar refractivity (Wildman–Crippen MR) is 63.2 cm³/mol. The van der Waals surface area contributed by atoms with Gasteiger partial charge in [0.05, 0.1) is 17.6 Å². The molecule has 0 fully saturated rings. The highest BCUT2D eigenvalue weighted by molar-refractivity contribution is 9.10. The van der Waals surface area contributed by atoms with Gasteiger partial charge in [-0.15, -0.1) is 5.10 Å². The lowest BCUT2D eigenvalue weighted by atomic mass is 10.3. The average Bonchev–Trinajstić information content (AvgIpc) is 2.71. The lowest BCUT2D eigenvalue weighted by molar-refractivity contribution is 0.0252. The van der Waals surface area contributed by atoms with E-state index in [1.165, 1.54) is 4.52 Å². The van der Waals surface area contributed by atoms with Gasteiger partial charge in [0.25, 0.3) is 5.92 Å². The summed E-state index contributed by atoms with van der Waals surface area (Å²) in [6.45, 7) is -1.30. The van der Waals surface area contributed by atoms with Crippen molar-refractivity contribution in [2.45, 2.75) is 5.92 Å². The van der Waals surface area contributed by atoms with Gasteiger partial charge in [0.15, 0.2) is 5.65 Å². The number of hydrogen-bond donors (Lipinski definition) is 2. The first-order valence-electron chi connectivity index (χ1n) is 4.84. The number of anilines is 1. The van der Waals surface area contributed by atoms with E-state index in [2.05, 4.69) is 31.3 Å². The van der Waals surface area contributed by atoms with Gasteiger partial charge in [0.1, 0.15) is 0 Å². The van der Waals surface area contributed by atoms with E-state index < -0.39 is 19.0 Å². The van der Waals surface area contributed by atoms with E-state index >= 15 is 0 Å². The maximum absolute atomic E-state index is 12.9. The van der Waals surface area contributed by atoms with E-state index in [0.717, 1.165) is 4.47 Å². The fraction of sp³-hybridized carbons (Fsp3) is 0.333. The Bertz CT molecular complexity index is 527. The maximum Gasteiger partial charge on any atom is 0.277 e. The van der Waals surface area contributed by atoms with E-state index in [4.69, 9.17) is 5.73 Å². The molecule has 2 heterocycles. The van der Waals surface area contributed by atoms with Crippen LogP contribution < -0.4 is 11.1 Å². The minimum Gasteiger partial charge on any atom is -0.347 e. The van der Waals surface area contributed by atoms with Crippen molar-refractivity contribution in [2.75, 3.05) is 18.4 Å². The topological polar surface area (TPSA) is 68.2 Å². The molecule has 2 rings (SSSR count). The Hall–Kier alpha value is -1.28. The highest BCUT2D eigenvalue weighted by Crippen LogP contribution is 2.17. The van der Waals surface area contributed by atoms with Crippen LogP contribution >= 0.6 is 15.9 Å². The first kappa shape index (κ1) is 12.2. The number of fused-ring (bicyclic) bond motifs is 1. The van der Waals surface area contributed by atoms with Crippen molar-refractivity contribution in [3.63, 3.8) is 0 Å². The van der Waals surface area contributed by atoms with Crippen LogP contribution in [-0.2, 0) is 0 Å². The van der Waals surface area contributed by atoms with Crippen molar-refractivity contribution >= 4 is 27.5 Å². The molecule has 0 amide bonds. The largest absolute Gasteiger partial charge is 0.347 e. The molecule has 0 saturated heterocycles. The molecule has 0 aromatic carbocycles. The SMILES string of the molecule is NCC(F)(F)CNc1nc2c(Br)cccn2n1. The van der Waals surface area contributed by atoms with Crippen LogP contribution in [0.3, 0.4) is 0 Å². The van der Waals surface area contributed by atoms with Crippen molar-refractivity contribution in [1.82, 2.24) is 14.6 Å². The highest BCUT2D eigenvalue weighted by atomic mass is 79.9. The fourth-order valence-corrected chi connectivity index (χ4v) is 1.65. The lowest BCUT2D eigenvalue weighted by Gasteiger charge is -2.12. The summed E-state index contributed by atoms with van der Waals surface area (Å²) in [4.78, 5) is 4.07. The fourth-order valence-electron chi connectivity index (χ4n) is 1.23. The Labute approximate surface area is 104 Å². The number of nitrogens with two attached hydrogens (primary N) is 1. The molecule has 0 aliphatic rings. The second-order valence-electron chi connectivity index (χ2n) is 3.47. The van der Waals surface area contributed by atoms with Crippen LogP contribution in [0.25, 0.3) is 5.65 Å². The van der Waals surface area contributed by atoms with Crippen LogP contribution in [0.4, 0.5) is 14.7 Å². The molecule has 2 aromatic rings. The third kappa shape index (κ3) is 2.70. The molecular formula is C9H10BrF2N5. The number of halogens is 3. The number of alkyl halides is 2. The molecule has 0 atom stereocenters. The van der Waals surface area contributed by atoms with E-state index in [1.807, 2.05) is 0 Å². The van der Waals surface area contributed by atoms with Crippen molar-refractivity contribution < 1.29 is 8.78 Å². The quantitative estimate of drug-likeness (QED) is 0.898. The Balaban J connectivity index is 2.18. The Morgan fingerprint density at radius 3 is 2.94 bits per heavy atom. The molecule has 17 heavy (non-hydrogen) atoms. The molecular weight excluding hydrogens is 296 g/mol. The normalized spacial score (nSPS) is 12.0. The second kappa shape index (κ2) is 4.53. The van der Waals surface area contributed by atoms with Gasteiger partial charge in [-0.2, -0.15) is 4.98 Å². The van der Waals surface area contributed by atoms with E-state index in [9.17, 15) is 8.78 Å². The van der Waals surface area contributed by atoms with Gasteiger partial charge in [-0.3, -0.25) is 0 Å². The molecule has 5 nitrogen and oxygen atoms in total. The predicted octanol–water partition coefficient (Wildman–Crippen LogP) is 1.50. The summed E-state index contributed by atoms with van der Waals surface area (Å²) in [5.74, 6) is -2.82. The second-order valence-corrected chi connectivity index (χ2v) is 4.33. The molecule has 0 spiro atoms. The minimum absolute atomic E-state index is 0.144. The van der Waals surface area contributed by atoms with Gasteiger partial charge in [-0.1, -0.05) is 0 Å². The van der Waals surface area contributed by atoms with E-state index in [-0.39, 0.29) is 5.95 Å². The number of nitrogens with zero attached hydrogens (tertiary/aromatic N) is 3. The zero-order chi connectivity index (χ0) is 12.5. The standard InChI is InChI=1S/C9H10BrF2N5/c10-6-2-1-3-17-7(6)15-8(16-17)14-5-9(11,12)4-13/h1-3H,4-5,13H2,(H,14,16). The summed E-state index contributed by atoms with van der Waals surface area (Å²) in [7, 11) is 0. The molecule has 0 aliphatic heterocycles. The highest BCUT2D eigenvalue weighted by Gasteiger charge is 2.26. The smallest absolute Gasteiger partial charge is 0.277 e. The van der Waals surface area contributed by atoms with Gasteiger partial charge >= 0.3 is 0 Å². The molecule has 0 unspecified atom stereocenters. The summed E-state index contributed by atoms with van der Waals surface area (Å²) in [5, 5.41) is 6.46. The molecule has 3 N–H and O–H groups in total. The monoisotopic (exact) mass is 305 g/mol. The summed E-state index contributed by atoms with van der Waals surface area (Å²) < 4.78 is 28.1. The Morgan fingerprint density at radius 2 is 2.29 bits per heavy atom. The minimum atomic E-state index is -2.96. The Kier molecular flexibility index (Phi) is 3.25. The first-order valence-corrected chi connectivity index (χ1v) is 5.64. The van der Waals surface area contributed by atoms with Crippen LogP contribution in [0.2, 0.25) is 0 Å². The summed E-state index contributed by atoms with van der Waals surface area (Å²) in [6.07, 6.45) is 1.68. The van der Waals surface area contributed by atoms with Crippen LogP contribution in [-0.4, -0.2) is 33.6 Å². The summed E-state index contributed by atoms with van der Waals surface area (Å²) in [6, 6.07) is 3.56. The van der Waals surface area contributed by atoms with Gasteiger partial charge in [-0.25, -0.2) is 13.3 Å². The third-order valence-corrected chi connectivity index (χ3v) is 2.74. The van der Waals surface area contributed by atoms with Gasteiger partial charge in [0.2, 0.25) is 5.95 Å². The lowest BCUT2D eigenvalue weighted by Crippen LogP contribution is -2.35. The van der Waals surface area contributed by atoms with Crippen LogP contribution in [0.5, 0.6) is 0 Å². The zero-order valence-corrected chi connectivity index (χ0v) is 10.3. The summed E-state index contributed by atoms with van der Waals surface area (Å²) >= 11 is 3.30. The number of hydrogen-bond acceptors (Lipinski definition) is 4. The number of rotatable bonds is 4. The van der Waals surface area contributed by atoms with Crippen LogP contribution in [0.1, 0.15) is 0 Å². The van der Waals surface area contributed by atoms with Gasteiger partial charge < -0.3 is 11.1 Å². The number of aromatic nitrogens is 3. The maximum atomic E-state index is 12.9. The third-order valence-electron chi connectivity index (χ3n) is 2.12. The Morgan fingerprint density at radius 1 is 1.53 bits per heavy atom. The molecule has 0 saturated carbocycles. The molecule has 0 bridgehead atoms. The van der Waals surface area contributed by atoms with Crippen LogP contribution in [0.15, 0.2) is 22.8 Å².